The zero-order valence-electron chi connectivity index (χ0n) is 19.1. The summed E-state index contributed by atoms with van der Waals surface area (Å²) in [6, 6.07) is 0. The quantitative estimate of drug-likeness (QED) is 0.255. The second-order valence-electron chi connectivity index (χ2n) is 11.1. The number of oxime groups is 1. The fourth-order valence-electron chi connectivity index (χ4n) is 7.47. The van der Waals surface area contributed by atoms with Gasteiger partial charge in [0.15, 0.2) is 0 Å². The van der Waals surface area contributed by atoms with E-state index in [1.165, 1.54) is 44.1 Å². The summed E-state index contributed by atoms with van der Waals surface area (Å²) in [7, 11) is 0. The number of fused-ring (bicyclic) bond motifs is 5. The summed E-state index contributed by atoms with van der Waals surface area (Å²) in [4.78, 5) is 5.23. The number of aliphatic hydroxyl groups is 1. The third-order valence-corrected chi connectivity index (χ3v) is 9.30. The first kappa shape index (κ1) is 22.1. The molecule has 0 aromatic carbocycles. The molecule has 168 valence electrons. The maximum absolute atomic E-state index is 11.2. The molecule has 0 aromatic heterocycles. The van der Waals surface area contributed by atoms with Gasteiger partial charge in [-0.3, -0.25) is 0 Å². The van der Waals surface area contributed by atoms with Crippen molar-refractivity contribution in [3.63, 3.8) is 0 Å². The van der Waals surface area contributed by atoms with Crippen LogP contribution < -0.4 is 5.73 Å². The molecule has 4 aliphatic rings. The first-order chi connectivity index (χ1) is 14.4. The van der Waals surface area contributed by atoms with Gasteiger partial charge in [-0.2, -0.15) is 0 Å². The lowest BCUT2D eigenvalue weighted by Gasteiger charge is -2.58. The number of allylic oxidation sites excluding steroid dienone is 2. The van der Waals surface area contributed by atoms with Crippen molar-refractivity contribution in [2.45, 2.75) is 90.1 Å². The Kier molecular flexibility index (Phi) is 6.46. The summed E-state index contributed by atoms with van der Waals surface area (Å²) in [6.45, 7) is 6.36. The summed E-state index contributed by atoms with van der Waals surface area (Å²) in [5, 5.41) is 15.2. The molecular weight excluding hydrogens is 372 g/mol. The average molecular weight is 415 g/mol. The highest BCUT2D eigenvalue weighted by Gasteiger charge is 2.56. The smallest absolute Gasteiger partial charge is 0.117 e. The highest BCUT2D eigenvalue weighted by molar-refractivity contribution is 5.70. The van der Waals surface area contributed by atoms with E-state index in [0.29, 0.717) is 18.6 Å². The maximum atomic E-state index is 11.2. The van der Waals surface area contributed by atoms with Gasteiger partial charge in [-0.1, -0.05) is 43.1 Å². The second-order valence-corrected chi connectivity index (χ2v) is 11.1. The number of nitrogens with zero attached hydrogens (tertiary/aromatic N) is 1. The predicted molar refractivity (Wildman–Crippen MR) is 123 cm³/mol. The van der Waals surface area contributed by atoms with Gasteiger partial charge >= 0.3 is 0 Å². The lowest BCUT2D eigenvalue weighted by atomic mass is 9.47. The molecule has 4 rings (SSSR count). The van der Waals surface area contributed by atoms with Crippen LogP contribution in [-0.2, 0) is 4.84 Å². The molecule has 4 nitrogen and oxygen atoms in total. The highest BCUT2D eigenvalue weighted by Crippen LogP contribution is 2.65. The van der Waals surface area contributed by atoms with Gasteiger partial charge in [0.2, 0.25) is 0 Å². The third kappa shape index (κ3) is 4.14. The van der Waals surface area contributed by atoms with Crippen molar-refractivity contribution >= 4 is 6.21 Å². The molecule has 30 heavy (non-hydrogen) atoms. The topological polar surface area (TPSA) is 67.8 Å². The minimum absolute atomic E-state index is 0.285. The molecule has 0 heterocycles. The fraction of sp³-hybridized carbons (Fsp3) is 0.808. The summed E-state index contributed by atoms with van der Waals surface area (Å²) in [6.07, 6.45) is 20.9. The van der Waals surface area contributed by atoms with Crippen molar-refractivity contribution in [3.8, 4) is 0 Å². The van der Waals surface area contributed by atoms with Crippen molar-refractivity contribution in [1.29, 1.82) is 0 Å². The molecule has 3 N–H and O–H groups in total. The lowest BCUT2D eigenvalue weighted by Crippen LogP contribution is -2.51. The fourth-order valence-corrected chi connectivity index (χ4v) is 7.47. The van der Waals surface area contributed by atoms with E-state index >= 15 is 0 Å². The number of hydrogen-bond acceptors (Lipinski definition) is 4. The van der Waals surface area contributed by atoms with E-state index in [1.54, 1.807) is 6.21 Å². The van der Waals surface area contributed by atoms with E-state index in [1.807, 2.05) is 12.2 Å². The first-order valence-electron chi connectivity index (χ1n) is 12.4. The number of unbranched alkanes of at least 4 members (excludes halogenated alkanes) is 1. The molecular formula is C26H42N2O2. The summed E-state index contributed by atoms with van der Waals surface area (Å²) < 4.78 is 0. The first-order valence-corrected chi connectivity index (χ1v) is 12.4. The molecule has 0 radical (unpaired) electrons. The zero-order valence-corrected chi connectivity index (χ0v) is 19.1. The molecule has 6 atom stereocenters. The van der Waals surface area contributed by atoms with Gasteiger partial charge in [0.1, 0.15) is 6.61 Å². The molecule has 3 saturated carbocycles. The normalized spacial score (nSPS) is 43.3. The van der Waals surface area contributed by atoms with Crippen LogP contribution in [-0.4, -0.2) is 30.1 Å². The second kappa shape index (κ2) is 8.78. The van der Waals surface area contributed by atoms with Crippen LogP contribution in [0.4, 0.5) is 0 Å². The molecule has 4 heteroatoms. The Hall–Kier alpha value is -1.13. The summed E-state index contributed by atoms with van der Waals surface area (Å²) in [5.74, 6) is 2.60. The minimum atomic E-state index is -0.750. The molecule has 0 bridgehead atoms. The van der Waals surface area contributed by atoms with Gasteiger partial charge in [-0.25, -0.2) is 0 Å². The monoisotopic (exact) mass is 414 g/mol. The molecule has 0 amide bonds. The maximum Gasteiger partial charge on any atom is 0.117 e. The summed E-state index contributed by atoms with van der Waals surface area (Å²) in [5.41, 5.74) is 7.12. The van der Waals surface area contributed by atoms with Crippen LogP contribution in [0.25, 0.3) is 0 Å². The highest BCUT2D eigenvalue weighted by atomic mass is 16.6. The van der Waals surface area contributed by atoms with E-state index in [9.17, 15) is 5.11 Å². The van der Waals surface area contributed by atoms with E-state index in [4.69, 9.17) is 10.6 Å². The average Bonchev–Trinajstić information content (AvgIpc) is 3.12. The van der Waals surface area contributed by atoms with Crippen LogP contribution in [0, 0.1) is 28.6 Å². The summed E-state index contributed by atoms with van der Waals surface area (Å²) >= 11 is 0. The minimum Gasteiger partial charge on any atom is -0.396 e. The Morgan fingerprint density at radius 3 is 2.87 bits per heavy atom. The van der Waals surface area contributed by atoms with Crippen molar-refractivity contribution in [2.75, 3.05) is 13.2 Å². The van der Waals surface area contributed by atoms with Crippen LogP contribution in [0.5, 0.6) is 0 Å². The molecule has 0 aromatic rings. The van der Waals surface area contributed by atoms with Gasteiger partial charge in [0, 0.05) is 6.42 Å². The van der Waals surface area contributed by atoms with Gasteiger partial charge in [-0.15, -0.1) is 0 Å². The Labute approximate surface area is 183 Å². The number of hydrogen-bond donors (Lipinski definition) is 2. The van der Waals surface area contributed by atoms with Crippen molar-refractivity contribution in [1.82, 2.24) is 0 Å². The van der Waals surface area contributed by atoms with E-state index in [0.717, 1.165) is 49.9 Å². The van der Waals surface area contributed by atoms with E-state index in [2.05, 4.69) is 25.1 Å². The van der Waals surface area contributed by atoms with Crippen LogP contribution >= 0.6 is 0 Å². The lowest BCUT2D eigenvalue weighted by molar-refractivity contribution is -0.0486. The standard InChI is InChI=1S/C26H42N2O2/c1-24-11-5-7-22(24)21-9-8-20-19-26(29,12-6-17-28-30-18-4-3-16-27)15-14-25(20,2)23(21)10-13-24/h6,8,12,17,21-23,29H,3-5,7,9-11,13-16,18-19,27H2,1-2H3/t21-,22-,23-,24-,25-,26-/m0/s1. The Balaban J connectivity index is 1.39. The van der Waals surface area contributed by atoms with Crippen LogP contribution in [0.15, 0.2) is 29.0 Å². The molecule has 0 unspecified atom stereocenters. The Morgan fingerprint density at radius 1 is 1.17 bits per heavy atom. The molecule has 0 spiro atoms. The molecule has 0 saturated heterocycles. The van der Waals surface area contributed by atoms with Crippen LogP contribution in [0.2, 0.25) is 0 Å². The Bertz CT molecular complexity index is 701. The number of rotatable bonds is 7. The molecule has 4 aliphatic carbocycles. The predicted octanol–water partition coefficient (Wildman–Crippen LogP) is 5.37. The van der Waals surface area contributed by atoms with Crippen molar-refractivity contribution < 1.29 is 9.94 Å². The van der Waals surface area contributed by atoms with E-state index < -0.39 is 5.60 Å². The van der Waals surface area contributed by atoms with Gasteiger partial charge in [-0.05, 0) is 99.0 Å². The van der Waals surface area contributed by atoms with Crippen LogP contribution in [0.1, 0.15) is 84.5 Å². The zero-order chi connectivity index (χ0) is 21.2. The van der Waals surface area contributed by atoms with Gasteiger partial charge in [0.05, 0.1) is 11.8 Å². The van der Waals surface area contributed by atoms with Gasteiger partial charge in [0.25, 0.3) is 0 Å². The third-order valence-electron chi connectivity index (χ3n) is 9.30. The largest absolute Gasteiger partial charge is 0.396 e. The molecule has 3 fully saturated rings. The van der Waals surface area contributed by atoms with E-state index in [-0.39, 0.29) is 5.41 Å². The van der Waals surface area contributed by atoms with Gasteiger partial charge < -0.3 is 15.7 Å². The van der Waals surface area contributed by atoms with Crippen molar-refractivity contribution in [3.05, 3.63) is 23.8 Å². The SMILES string of the molecule is C[C@@]12CCC[C@H]1[C@@H]1CC=C3C[C@](O)(C=CC=NOCCCCN)CC[C@]3(C)[C@H]1CC2. The number of nitrogens with two attached hydrogens (primary N) is 1. The Morgan fingerprint density at radius 2 is 2.03 bits per heavy atom. The molecule has 0 aliphatic heterocycles. The van der Waals surface area contributed by atoms with Crippen LogP contribution in [0.3, 0.4) is 0 Å². The van der Waals surface area contributed by atoms with Crippen molar-refractivity contribution in [2.24, 2.45) is 39.5 Å².